The highest BCUT2D eigenvalue weighted by atomic mass is 79.9. The quantitative estimate of drug-likeness (QED) is 0.715. The highest BCUT2D eigenvalue weighted by Gasteiger charge is 2.17. The molecule has 0 unspecified atom stereocenters. The maximum atomic E-state index is 13.3. The number of benzene rings is 2. The van der Waals surface area contributed by atoms with Gasteiger partial charge in [0.25, 0.3) is 5.91 Å². The normalized spacial score (nSPS) is 12.3. The monoisotopic (exact) mass is 374 g/mol. The summed E-state index contributed by atoms with van der Waals surface area (Å²) in [7, 11) is 1.91. The van der Waals surface area contributed by atoms with Crippen molar-refractivity contribution >= 4 is 32.7 Å². The van der Waals surface area contributed by atoms with Crippen molar-refractivity contribution in [1.82, 2.24) is 9.88 Å². The van der Waals surface area contributed by atoms with Crippen LogP contribution >= 0.6 is 15.9 Å². The van der Waals surface area contributed by atoms with Gasteiger partial charge in [-0.2, -0.15) is 0 Å². The lowest BCUT2D eigenvalue weighted by Gasteiger charge is -2.14. The van der Waals surface area contributed by atoms with Crippen molar-refractivity contribution in [3.8, 4) is 0 Å². The summed E-state index contributed by atoms with van der Waals surface area (Å²) in [6.07, 6.45) is 1.81. The molecule has 0 aliphatic heterocycles. The fourth-order valence-corrected chi connectivity index (χ4v) is 3.04. The predicted molar refractivity (Wildman–Crippen MR) is 92.9 cm³/mol. The van der Waals surface area contributed by atoms with E-state index < -0.39 is 0 Å². The van der Waals surface area contributed by atoms with Gasteiger partial charge < -0.3 is 9.88 Å². The van der Waals surface area contributed by atoms with Crippen LogP contribution in [0.3, 0.4) is 0 Å². The van der Waals surface area contributed by atoms with Crippen molar-refractivity contribution < 1.29 is 9.18 Å². The van der Waals surface area contributed by atoms with Crippen LogP contribution in [0.5, 0.6) is 0 Å². The molecule has 1 atom stereocenters. The molecule has 0 saturated carbocycles. The van der Waals surface area contributed by atoms with Gasteiger partial charge >= 0.3 is 0 Å². The zero-order chi connectivity index (χ0) is 16.6. The molecule has 3 rings (SSSR count). The second kappa shape index (κ2) is 6.16. The number of amides is 1. The highest BCUT2D eigenvalue weighted by molar-refractivity contribution is 9.10. The van der Waals surface area contributed by atoms with E-state index in [9.17, 15) is 9.18 Å². The van der Waals surface area contributed by atoms with E-state index in [2.05, 4.69) is 21.2 Å². The minimum atomic E-state index is -0.308. The second-order valence-corrected chi connectivity index (χ2v) is 6.48. The molecule has 0 bridgehead atoms. The molecule has 1 heterocycles. The number of aryl methyl sites for hydroxylation is 1. The number of aromatic nitrogens is 1. The van der Waals surface area contributed by atoms with E-state index in [0.717, 1.165) is 20.9 Å². The van der Waals surface area contributed by atoms with Gasteiger partial charge in [-0.25, -0.2) is 4.39 Å². The van der Waals surface area contributed by atoms with E-state index in [1.54, 1.807) is 12.1 Å². The molecule has 1 aromatic heterocycles. The zero-order valence-corrected chi connectivity index (χ0v) is 14.4. The lowest BCUT2D eigenvalue weighted by molar-refractivity contribution is 0.0941. The van der Waals surface area contributed by atoms with Gasteiger partial charge in [-0.05, 0) is 42.8 Å². The van der Waals surface area contributed by atoms with Crippen molar-refractivity contribution in [1.29, 1.82) is 0 Å². The van der Waals surface area contributed by atoms with Crippen LogP contribution in [0.2, 0.25) is 0 Å². The molecule has 0 spiro atoms. The van der Waals surface area contributed by atoms with Crippen LogP contribution in [0.1, 0.15) is 28.9 Å². The van der Waals surface area contributed by atoms with Crippen LogP contribution < -0.4 is 5.32 Å². The molecule has 118 valence electrons. The minimum absolute atomic E-state index is 0.175. The molecule has 1 N–H and O–H groups in total. The molecule has 0 radical (unpaired) electrons. The lowest BCUT2D eigenvalue weighted by Crippen LogP contribution is -2.26. The Morgan fingerprint density at radius 3 is 2.78 bits per heavy atom. The Morgan fingerprint density at radius 1 is 1.26 bits per heavy atom. The third-order valence-electron chi connectivity index (χ3n) is 3.89. The fourth-order valence-electron chi connectivity index (χ4n) is 2.68. The highest BCUT2D eigenvalue weighted by Crippen LogP contribution is 2.25. The first kappa shape index (κ1) is 15.7. The summed E-state index contributed by atoms with van der Waals surface area (Å²) in [6, 6.07) is 11.8. The topological polar surface area (TPSA) is 34.0 Å². The predicted octanol–water partition coefficient (Wildman–Crippen LogP) is 4.57. The van der Waals surface area contributed by atoms with Gasteiger partial charge in [0.1, 0.15) is 5.82 Å². The summed E-state index contributed by atoms with van der Waals surface area (Å²) in [5.74, 6) is -0.483. The Bertz CT molecular complexity index is 888. The van der Waals surface area contributed by atoms with Crippen molar-refractivity contribution in [2.24, 2.45) is 7.05 Å². The summed E-state index contributed by atoms with van der Waals surface area (Å²) in [4.78, 5) is 12.6. The zero-order valence-electron chi connectivity index (χ0n) is 12.8. The maximum Gasteiger partial charge on any atom is 0.253 e. The molecular formula is C18H16BrFN2O. The van der Waals surface area contributed by atoms with Gasteiger partial charge in [0.15, 0.2) is 0 Å². The van der Waals surface area contributed by atoms with Crippen LogP contribution in [0.25, 0.3) is 10.9 Å². The largest absolute Gasteiger partial charge is 0.350 e. The van der Waals surface area contributed by atoms with Crippen molar-refractivity contribution in [3.63, 3.8) is 0 Å². The van der Waals surface area contributed by atoms with E-state index >= 15 is 0 Å². The standard InChI is InChI=1S/C18H16BrFN2O/c1-11(12-4-3-5-14(20)8-12)21-18(23)16-10-22(2)17-7-6-13(19)9-15(16)17/h3-11H,1-2H3,(H,21,23)/t11-/m0/s1. The second-order valence-electron chi connectivity index (χ2n) is 5.57. The number of nitrogens with one attached hydrogen (secondary N) is 1. The first-order chi connectivity index (χ1) is 11.0. The maximum absolute atomic E-state index is 13.3. The minimum Gasteiger partial charge on any atom is -0.350 e. The number of hydrogen-bond donors (Lipinski definition) is 1. The molecule has 0 aliphatic carbocycles. The van der Waals surface area contributed by atoms with Gasteiger partial charge in [0.05, 0.1) is 11.6 Å². The molecule has 2 aromatic carbocycles. The van der Waals surface area contributed by atoms with E-state index in [1.807, 2.05) is 42.9 Å². The van der Waals surface area contributed by atoms with Crippen molar-refractivity contribution in [3.05, 3.63) is 70.1 Å². The summed E-state index contributed by atoms with van der Waals surface area (Å²) >= 11 is 3.44. The van der Waals surface area contributed by atoms with E-state index in [1.165, 1.54) is 12.1 Å². The van der Waals surface area contributed by atoms with Gasteiger partial charge in [-0.1, -0.05) is 28.1 Å². The Balaban J connectivity index is 1.90. The Morgan fingerprint density at radius 2 is 2.04 bits per heavy atom. The van der Waals surface area contributed by atoms with Gasteiger partial charge in [-0.3, -0.25) is 4.79 Å². The van der Waals surface area contributed by atoms with E-state index in [0.29, 0.717) is 5.56 Å². The van der Waals surface area contributed by atoms with E-state index in [-0.39, 0.29) is 17.8 Å². The van der Waals surface area contributed by atoms with Crippen molar-refractivity contribution in [2.45, 2.75) is 13.0 Å². The molecule has 3 nitrogen and oxygen atoms in total. The SMILES string of the molecule is C[C@H](NC(=O)c1cn(C)c2ccc(Br)cc12)c1cccc(F)c1. The first-order valence-electron chi connectivity index (χ1n) is 7.26. The third kappa shape index (κ3) is 3.15. The van der Waals surface area contributed by atoms with Crippen molar-refractivity contribution in [2.75, 3.05) is 0 Å². The van der Waals surface area contributed by atoms with Crippen LogP contribution in [0.15, 0.2) is 53.1 Å². The molecule has 0 aliphatic rings. The Labute approximate surface area is 142 Å². The number of nitrogens with zero attached hydrogens (tertiary/aromatic N) is 1. The number of hydrogen-bond acceptors (Lipinski definition) is 1. The number of fused-ring (bicyclic) bond motifs is 1. The molecule has 0 fully saturated rings. The number of carbonyl (C=O) groups is 1. The van der Waals surface area contributed by atoms with Gasteiger partial charge in [0.2, 0.25) is 0 Å². The molecule has 0 saturated heterocycles. The van der Waals surface area contributed by atoms with Crippen LogP contribution in [0.4, 0.5) is 4.39 Å². The molecule has 1 amide bonds. The lowest BCUT2D eigenvalue weighted by atomic mass is 10.1. The molecule has 23 heavy (non-hydrogen) atoms. The van der Waals surface area contributed by atoms with Crippen LogP contribution in [0, 0.1) is 5.82 Å². The number of carbonyl (C=O) groups excluding carboxylic acids is 1. The van der Waals surface area contributed by atoms with Crippen LogP contribution in [-0.4, -0.2) is 10.5 Å². The summed E-state index contributed by atoms with van der Waals surface area (Å²) in [6.45, 7) is 1.84. The summed E-state index contributed by atoms with van der Waals surface area (Å²) in [5.41, 5.74) is 2.32. The first-order valence-corrected chi connectivity index (χ1v) is 8.06. The fraction of sp³-hybridized carbons (Fsp3) is 0.167. The van der Waals surface area contributed by atoms with Gasteiger partial charge in [0, 0.05) is 28.6 Å². The Hall–Kier alpha value is -2.14. The van der Waals surface area contributed by atoms with Gasteiger partial charge in [-0.15, -0.1) is 0 Å². The van der Waals surface area contributed by atoms with Crippen LogP contribution in [-0.2, 0) is 7.05 Å². The Kier molecular flexibility index (Phi) is 4.22. The smallest absolute Gasteiger partial charge is 0.253 e. The number of halogens is 2. The average molecular weight is 375 g/mol. The summed E-state index contributed by atoms with van der Waals surface area (Å²) < 4.78 is 16.2. The summed E-state index contributed by atoms with van der Waals surface area (Å²) in [5, 5.41) is 3.81. The van der Waals surface area contributed by atoms with E-state index in [4.69, 9.17) is 0 Å². The molecular weight excluding hydrogens is 359 g/mol. The average Bonchev–Trinajstić information content (AvgIpc) is 2.83. The number of rotatable bonds is 3. The molecule has 5 heteroatoms. The molecule has 3 aromatic rings. The third-order valence-corrected chi connectivity index (χ3v) is 4.39.